The lowest BCUT2D eigenvalue weighted by atomic mass is 10.2. The lowest BCUT2D eigenvalue weighted by Crippen LogP contribution is -2.12. The van der Waals surface area contributed by atoms with Crippen LogP contribution >= 0.6 is 27.7 Å². The highest BCUT2D eigenvalue weighted by atomic mass is 79.9. The number of halogens is 1. The number of aromatic carboxylic acids is 1. The van der Waals surface area contributed by atoms with Crippen LogP contribution in [0.3, 0.4) is 0 Å². The van der Waals surface area contributed by atoms with Gasteiger partial charge in [-0.3, -0.25) is 5.32 Å². The molecule has 0 saturated heterocycles. The van der Waals surface area contributed by atoms with Crippen molar-refractivity contribution in [1.29, 1.82) is 5.26 Å². The normalized spacial score (nSPS) is 10.8. The second-order valence-electron chi connectivity index (χ2n) is 2.83. The van der Waals surface area contributed by atoms with Crippen LogP contribution in [0.2, 0.25) is 0 Å². The summed E-state index contributed by atoms with van der Waals surface area (Å²) in [5.74, 6) is -1.01. The fourth-order valence-corrected chi connectivity index (χ4v) is 1.92. The number of hydrogen-bond acceptors (Lipinski definition) is 4. The Hall–Kier alpha value is -1.52. The molecule has 0 unspecified atom stereocenters. The molecule has 0 amide bonds. The minimum Gasteiger partial charge on any atom is -0.478 e. The smallest absolute Gasteiger partial charge is 0.336 e. The van der Waals surface area contributed by atoms with E-state index in [1.165, 1.54) is 17.8 Å². The van der Waals surface area contributed by atoms with Crippen molar-refractivity contribution in [2.75, 3.05) is 6.26 Å². The zero-order valence-corrected chi connectivity index (χ0v) is 11.2. The second-order valence-corrected chi connectivity index (χ2v) is 4.48. The van der Waals surface area contributed by atoms with E-state index >= 15 is 0 Å². The molecule has 17 heavy (non-hydrogen) atoms. The van der Waals surface area contributed by atoms with Crippen molar-refractivity contribution >= 4 is 44.5 Å². The van der Waals surface area contributed by atoms with Crippen LogP contribution in [0.1, 0.15) is 10.4 Å². The van der Waals surface area contributed by atoms with Gasteiger partial charge in [0, 0.05) is 4.47 Å². The number of benzene rings is 1. The van der Waals surface area contributed by atoms with Gasteiger partial charge in [0.25, 0.3) is 0 Å². The number of nitrogens with zero attached hydrogens (tertiary/aromatic N) is 2. The van der Waals surface area contributed by atoms with E-state index in [9.17, 15) is 4.79 Å². The molecular weight excluding hydrogens is 306 g/mol. The van der Waals surface area contributed by atoms with Crippen LogP contribution < -0.4 is 5.32 Å². The predicted octanol–water partition coefficient (Wildman–Crippen LogP) is 2.57. The third-order valence-electron chi connectivity index (χ3n) is 1.77. The van der Waals surface area contributed by atoms with E-state index in [1.54, 1.807) is 24.6 Å². The maximum Gasteiger partial charge on any atom is 0.336 e. The molecule has 7 heteroatoms. The average molecular weight is 314 g/mol. The fourth-order valence-electron chi connectivity index (χ4n) is 1.04. The molecule has 0 heterocycles. The molecule has 1 aromatic rings. The molecule has 0 radical (unpaired) electrons. The standard InChI is InChI=1S/C10H8BrN3O2S/c1-17-10(13-5-12)14-6-2-3-7(9(15)16)8(11)4-6/h2-4H,1H3,(H,13,14)(H,15,16). The molecular formula is C10H8BrN3O2S. The summed E-state index contributed by atoms with van der Waals surface area (Å²) in [5.41, 5.74) is 0.733. The quantitative estimate of drug-likeness (QED) is 0.379. The molecule has 0 spiro atoms. The minimum atomic E-state index is -1.01. The molecule has 1 rings (SSSR count). The van der Waals surface area contributed by atoms with Gasteiger partial charge < -0.3 is 5.11 Å². The lowest BCUT2D eigenvalue weighted by Gasteiger charge is -2.02. The Morgan fingerprint density at radius 1 is 1.65 bits per heavy atom. The summed E-state index contributed by atoms with van der Waals surface area (Å²) in [6.45, 7) is 0. The number of amidine groups is 1. The second kappa shape index (κ2) is 6.27. The van der Waals surface area contributed by atoms with E-state index in [0.29, 0.717) is 15.3 Å². The number of nitriles is 1. The molecule has 5 nitrogen and oxygen atoms in total. The Labute approximate surface area is 111 Å². The van der Waals surface area contributed by atoms with Gasteiger partial charge in [0.1, 0.15) is 0 Å². The SMILES string of the molecule is CSC(=Nc1ccc(C(=O)O)c(Br)c1)NC#N. The van der Waals surface area contributed by atoms with Crippen LogP contribution in [0.25, 0.3) is 0 Å². The Kier molecular flexibility index (Phi) is 5.00. The monoisotopic (exact) mass is 313 g/mol. The van der Waals surface area contributed by atoms with E-state index in [2.05, 4.69) is 26.2 Å². The summed E-state index contributed by atoms with van der Waals surface area (Å²) in [6, 6.07) is 4.61. The van der Waals surface area contributed by atoms with Crippen molar-refractivity contribution in [3.8, 4) is 6.19 Å². The summed E-state index contributed by atoms with van der Waals surface area (Å²) in [6.07, 6.45) is 3.56. The van der Waals surface area contributed by atoms with Crippen LogP contribution in [0.5, 0.6) is 0 Å². The van der Waals surface area contributed by atoms with Gasteiger partial charge in [0.15, 0.2) is 11.4 Å². The molecule has 0 fully saturated rings. The number of hydrogen-bond donors (Lipinski definition) is 2. The number of carboxylic acids is 1. The summed E-state index contributed by atoms with van der Waals surface area (Å²) in [4.78, 5) is 14.9. The first-order valence-corrected chi connectivity index (χ1v) is 6.41. The summed E-state index contributed by atoms with van der Waals surface area (Å²) in [7, 11) is 0. The highest BCUT2D eigenvalue weighted by Gasteiger charge is 2.08. The van der Waals surface area contributed by atoms with Crippen LogP contribution in [0, 0.1) is 11.5 Å². The number of carbonyl (C=O) groups is 1. The number of aliphatic imine (C=N–C) groups is 1. The molecule has 0 saturated carbocycles. The first kappa shape index (κ1) is 13.5. The van der Waals surface area contributed by atoms with Gasteiger partial charge in [-0.25, -0.2) is 9.79 Å². The average Bonchev–Trinajstić information content (AvgIpc) is 2.28. The number of rotatable bonds is 2. The molecule has 0 aliphatic heterocycles. The summed E-state index contributed by atoms with van der Waals surface area (Å²) >= 11 is 4.45. The zero-order valence-electron chi connectivity index (χ0n) is 8.77. The number of carboxylic acid groups (broad SMARTS) is 1. The third-order valence-corrected chi connectivity index (χ3v) is 3.01. The van der Waals surface area contributed by atoms with Gasteiger partial charge >= 0.3 is 5.97 Å². The largest absolute Gasteiger partial charge is 0.478 e. The third kappa shape index (κ3) is 3.76. The van der Waals surface area contributed by atoms with Crippen LogP contribution in [0.4, 0.5) is 5.69 Å². The van der Waals surface area contributed by atoms with Gasteiger partial charge in [-0.2, -0.15) is 5.26 Å². The van der Waals surface area contributed by atoms with Gasteiger partial charge in [-0.05, 0) is 40.4 Å². The summed E-state index contributed by atoms with van der Waals surface area (Å²) in [5, 5.41) is 20.2. The molecule has 0 aliphatic rings. The van der Waals surface area contributed by atoms with Crippen LogP contribution in [0.15, 0.2) is 27.7 Å². The van der Waals surface area contributed by atoms with Crippen LogP contribution in [-0.2, 0) is 0 Å². The highest BCUT2D eigenvalue weighted by molar-refractivity contribution is 9.10. The van der Waals surface area contributed by atoms with E-state index in [4.69, 9.17) is 10.4 Å². The maximum atomic E-state index is 10.8. The first-order valence-electron chi connectivity index (χ1n) is 4.39. The van der Waals surface area contributed by atoms with E-state index < -0.39 is 5.97 Å². The van der Waals surface area contributed by atoms with Gasteiger partial charge in [0.05, 0.1) is 11.3 Å². The van der Waals surface area contributed by atoms with E-state index in [-0.39, 0.29) is 5.56 Å². The molecule has 0 bridgehead atoms. The van der Waals surface area contributed by atoms with Crippen molar-refractivity contribution in [3.05, 3.63) is 28.2 Å². The maximum absolute atomic E-state index is 10.8. The Bertz CT molecular complexity index is 511. The van der Waals surface area contributed by atoms with E-state index in [1.807, 2.05) is 0 Å². The molecule has 1 aromatic carbocycles. The van der Waals surface area contributed by atoms with Gasteiger partial charge in [-0.15, -0.1) is 0 Å². The highest BCUT2D eigenvalue weighted by Crippen LogP contribution is 2.24. The lowest BCUT2D eigenvalue weighted by molar-refractivity contribution is 0.0696. The van der Waals surface area contributed by atoms with Crippen molar-refractivity contribution in [3.63, 3.8) is 0 Å². The van der Waals surface area contributed by atoms with Crippen molar-refractivity contribution < 1.29 is 9.90 Å². The van der Waals surface area contributed by atoms with Crippen molar-refractivity contribution in [2.45, 2.75) is 0 Å². The molecule has 88 valence electrons. The minimum absolute atomic E-state index is 0.169. The molecule has 0 aliphatic carbocycles. The van der Waals surface area contributed by atoms with Gasteiger partial charge in [0.2, 0.25) is 0 Å². The topological polar surface area (TPSA) is 85.5 Å². The summed E-state index contributed by atoms with van der Waals surface area (Å²) < 4.78 is 0.448. The van der Waals surface area contributed by atoms with Crippen molar-refractivity contribution in [1.82, 2.24) is 5.32 Å². The van der Waals surface area contributed by atoms with Crippen LogP contribution in [-0.4, -0.2) is 22.5 Å². The van der Waals surface area contributed by atoms with Crippen molar-refractivity contribution in [2.24, 2.45) is 4.99 Å². The Morgan fingerprint density at radius 3 is 2.82 bits per heavy atom. The fraction of sp³-hybridized carbons (Fsp3) is 0.100. The van der Waals surface area contributed by atoms with Gasteiger partial charge in [-0.1, -0.05) is 11.8 Å². The first-order chi connectivity index (χ1) is 8.08. The number of nitrogens with one attached hydrogen (secondary N) is 1. The Balaban J connectivity index is 3.06. The van der Waals surface area contributed by atoms with E-state index in [0.717, 1.165) is 0 Å². The number of thioether (sulfide) groups is 1. The Morgan fingerprint density at radius 2 is 2.35 bits per heavy atom. The zero-order chi connectivity index (χ0) is 12.8. The predicted molar refractivity (Wildman–Crippen MR) is 70.5 cm³/mol. The molecule has 2 N–H and O–H groups in total. The molecule has 0 aromatic heterocycles. The molecule has 0 atom stereocenters.